The Balaban J connectivity index is 2.32. The summed E-state index contributed by atoms with van der Waals surface area (Å²) in [6.45, 7) is 1.37. The molecule has 3 nitrogen and oxygen atoms in total. The van der Waals surface area contributed by atoms with Crippen molar-refractivity contribution in [3.8, 4) is 0 Å². The molecule has 0 unspecified atom stereocenters. The molecule has 1 aliphatic rings. The van der Waals surface area contributed by atoms with E-state index < -0.39 is 0 Å². The van der Waals surface area contributed by atoms with Gasteiger partial charge in [0.05, 0.1) is 5.71 Å². The molecular weight excluding hydrogens is 142 g/mol. The van der Waals surface area contributed by atoms with Gasteiger partial charge in [0, 0.05) is 6.92 Å². The van der Waals surface area contributed by atoms with Crippen LogP contribution in [-0.2, 0) is 9.63 Å². The first-order chi connectivity index (χ1) is 5.29. The van der Waals surface area contributed by atoms with E-state index in [1.54, 1.807) is 0 Å². The van der Waals surface area contributed by atoms with Crippen LogP contribution in [0.25, 0.3) is 0 Å². The molecule has 3 heteroatoms. The van der Waals surface area contributed by atoms with Crippen molar-refractivity contribution >= 4 is 11.7 Å². The van der Waals surface area contributed by atoms with Crippen molar-refractivity contribution in [2.45, 2.75) is 39.0 Å². The lowest BCUT2D eigenvalue weighted by atomic mass is 9.99. The minimum Gasteiger partial charge on any atom is -0.319 e. The Morgan fingerprint density at radius 1 is 1.36 bits per heavy atom. The lowest BCUT2D eigenvalue weighted by Crippen LogP contribution is -2.06. The maximum Gasteiger partial charge on any atom is 0.331 e. The Bertz CT molecular complexity index is 167. The summed E-state index contributed by atoms with van der Waals surface area (Å²) >= 11 is 0. The fourth-order valence-corrected chi connectivity index (χ4v) is 1.18. The van der Waals surface area contributed by atoms with Crippen molar-refractivity contribution in [1.82, 2.24) is 0 Å². The average molecular weight is 155 g/mol. The van der Waals surface area contributed by atoms with Crippen molar-refractivity contribution in [3.63, 3.8) is 0 Å². The van der Waals surface area contributed by atoms with Crippen molar-refractivity contribution in [3.05, 3.63) is 0 Å². The molecule has 1 rings (SSSR count). The number of nitrogens with zero attached hydrogens (tertiary/aromatic N) is 1. The van der Waals surface area contributed by atoms with E-state index in [1.807, 2.05) is 0 Å². The zero-order valence-corrected chi connectivity index (χ0v) is 6.80. The van der Waals surface area contributed by atoms with Crippen molar-refractivity contribution < 1.29 is 9.63 Å². The molecule has 0 aromatic carbocycles. The molecular formula is C8H13NO2. The third kappa shape index (κ3) is 3.16. The third-order valence-corrected chi connectivity index (χ3v) is 1.73. The smallest absolute Gasteiger partial charge is 0.319 e. The molecule has 0 N–H and O–H groups in total. The van der Waals surface area contributed by atoms with Crippen LogP contribution in [0.1, 0.15) is 39.0 Å². The highest BCUT2D eigenvalue weighted by molar-refractivity contribution is 5.85. The second-order valence-electron chi connectivity index (χ2n) is 2.80. The molecule has 0 bridgehead atoms. The molecule has 0 amide bonds. The number of hydrogen-bond acceptors (Lipinski definition) is 3. The molecule has 11 heavy (non-hydrogen) atoms. The van der Waals surface area contributed by atoms with E-state index in [1.165, 1.54) is 26.2 Å². The fourth-order valence-electron chi connectivity index (χ4n) is 1.18. The lowest BCUT2D eigenvalue weighted by molar-refractivity contribution is -0.141. The summed E-state index contributed by atoms with van der Waals surface area (Å²) in [4.78, 5) is 14.9. The van der Waals surface area contributed by atoms with Gasteiger partial charge in [-0.3, -0.25) is 0 Å². The Morgan fingerprint density at radius 3 is 2.55 bits per heavy atom. The fraction of sp³-hybridized carbons (Fsp3) is 0.750. The minimum atomic E-state index is -0.330. The van der Waals surface area contributed by atoms with E-state index in [0.29, 0.717) is 0 Å². The van der Waals surface area contributed by atoms with Crippen LogP contribution in [-0.4, -0.2) is 11.7 Å². The van der Waals surface area contributed by atoms with Crippen LogP contribution in [0.4, 0.5) is 0 Å². The third-order valence-electron chi connectivity index (χ3n) is 1.73. The van der Waals surface area contributed by atoms with E-state index >= 15 is 0 Å². The molecule has 0 radical (unpaired) electrons. The number of carbonyl (C=O) groups excluding carboxylic acids is 1. The predicted molar refractivity (Wildman–Crippen MR) is 42.3 cm³/mol. The zero-order chi connectivity index (χ0) is 8.10. The van der Waals surface area contributed by atoms with Crippen LogP contribution in [0.2, 0.25) is 0 Å². The summed E-state index contributed by atoms with van der Waals surface area (Å²) in [6, 6.07) is 0. The molecule has 0 spiro atoms. The van der Waals surface area contributed by atoms with Gasteiger partial charge in [-0.25, -0.2) is 4.79 Å². The van der Waals surface area contributed by atoms with Gasteiger partial charge in [0.2, 0.25) is 0 Å². The van der Waals surface area contributed by atoms with Gasteiger partial charge >= 0.3 is 5.97 Å². The van der Waals surface area contributed by atoms with Crippen molar-refractivity contribution in [1.29, 1.82) is 0 Å². The lowest BCUT2D eigenvalue weighted by Gasteiger charge is -2.10. The Labute approximate surface area is 66.4 Å². The highest BCUT2D eigenvalue weighted by atomic mass is 16.7. The predicted octanol–water partition coefficient (Wildman–Crippen LogP) is 1.87. The van der Waals surface area contributed by atoms with Crippen LogP contribution in [0, 0.1) is 0 Å². The van der Waals surface area contributed by atoms with E-state index in [-0.39, 0.29) is 5.97 Å². The first kappa shape index (κ1) is 8.24. The molecule has 0 saturated heterocycles. The molecule has 0 aromatic rings. The van der Waals surface area contributed by atoms with E-state index in [9.17, 15) is 4.79 Å². The summed E-state index contributed by atoms with van der Waals surface area (Å²) in [5, 5.41) is 3.75. The SMILES string of the molecule is CC(=O)ON=C1CCCCC1. The molecule has 1 aliphatic carbocycles. The van der Waals surface area contributed by atoms with E-state index in [0.717, 1.165) is 18.6 Å². The summed E-state index contributed by atoms with van der Waals surface area (Å²) in [7, 11) is 0. The second-order valence-corrected chi connectivity index (χ2v) is 2.80. The van der Waals surface area contributed by atoms with Crippen molar-refractivity contribution in [2.24, 2.45) is 5.16 Å². The molecule has 0 atom stereocenters. The van der Waals surface area contributed by atoms with Gasteiger partial charge in [-0.1, -0.05) is 11.6 Å². The maximum absolute atomic E-state index is 10.4. The van der Waals surface area contributed by atoms with E-state index in [2.05, 4.69) is 9.99 Å². The first-order valence-electron chi connectivity index (χ1n) is 4.02. The number of carbonyl (C=O) groups is 1. The van der Waals surface area contributed by atoms with Crippen LogP contribution in [0.5, 0.6) is 0 Å². The average Bonchev–Trinajstić information content (AvgIpc) is 2.03. The molecule has 1 fully saturated rings. The highest BCUT2D eigenvalue weighted by Crippen LogP contribution is 2.14. The molecule has 0 aliphatic heterocycles. The van der Waals surface area contributed by atoms with Gasteiger partial charge in [0.15, 0.2) is 0 Å². The minimum absolute atomic E-state index is 0.330. The Hall–Kier alpha value is -0.860. The number of rotatable bonds is 1. The number of oxime groups is 1. The Kier molecular flexibility index (Phi) is 3.08. The summed E-state index contributed by atoms with van der Waals surface area (Å²) in [6.07, 6.45) is 5.62. The quantitative estimate of drug-likeness (QED) is 0.428. The zero-order valence-electron chi connectivity index (χ0n) is 6.80. The van der Waals surface area contributed by atoms with Crippen LogP contribution < -0.4 is 0 Å². The highest BCUT2D eigenvalue weighted by Gasteiger charge is 2.07. The van der Waals surface area contributed by atoms with Crippen LogP contribution in [0.15, 0.2) is 5.16 Å². The topological polar surface area (TPSA) is 38.7 Å². The van der Waals surface area contributed by atoms with Gasteiger partial charge in [0.25, 0.3) is 0 Å². The van der Waals surface area contributed by atoms with Crippen LogP contribution in [0.3, 0.4) is 0 Å². The van der Waals surface area contributed by atoms with Crippen molar-refractivity contribution in [2.75, 3.05) is 0 Å². The van der Waals surface area contributed by atoms with Gasteiger partial charge in [0.1, 0.15) is 0 Å². The van der Waals surface area contributed by atoms with Crippen LogP contribution >= 0.6 is 0 Å². The van der Waals surface area contributed by atoms with Gasteiger partial charge < -0.3 is 4.84 Å². The van der Waals surface area contributed by atoms with Gasteiger partial charge in [-0.15, -0.1) is 0 Å². The summed E-state index contributed by atoms with van der Waals surface area (Å²) in [5.74, 6) is -0.330. The first-order valence-corrected chi connectivity index (χ1v) is 4.02. The maximum atomic E-state index is 10.4. The van der Waals surface area contributed by atoms with Gasteiger partial charge in [-0.2, -0.15) is 0 Å². The van der Waals surface area contributed by atoms with E-state index in [4.69, 9.17) is 0 Å². The Morgan fingerprint density at radius 2 is 2.00 bits per heavy atom. The number of hydrogen-bond donors (Lipinski definition) is 0. The normalized spacial score (nSPS) is 17.7. The molecule has 62 valence electrons. The standard InChI is InChI=1S/C8H13NO2/c1-7(10)11-9-8-5-3-2-4-6-8/h2-6H2,1H3. The van der Waals surface area contributed by atoms with Gasteiger partial charge in [-0.05, 0) is 25.7 Å². The summed E-state index contributed by atoms with van der Waals surface area (Å²) < 4.78 is 0. The molecule has 0 heterocycles. The molecule has 0 aromatic heterocycles. The second kappa shape index (κ2) is 4.11. The monoisotopic (exact) mass is 155 g/mol. The largest absolute Gasteiger partial charge is 0.331 e. The summed E-state index contributed by atoms with van der Waals surface area (Å²) in [5.41, 5.74) is 1.03. The molecule has 1 saturated carbocycles.